The summed E-state index contributed by atoms with van der Waals surface area (Å²) in [5.41, 5.74) is -0.483. The molecular formula is C16H19NO6S. The number of aliphatic carboxylic acids is 1. The van der Waals surface area contributed by atoms with Crippen LogP contribution in [0.2, 0.25) is 0 Å². The number of hydrogen-bond acceptors (Lipinski definition) is 5. The highest BCUT2D eigenvalue weighted by molar-refractivity contribution is 7.90. The van der Waals surface area contributed by atoms with E-state index in [1.54, 1.807) is 6.08 Å². The first-order chi connectivity index (χ1) is 11.2. The number of carboxylic acid groups (broad SMARTS) is 1. The van der Waals surface area contributed by atoms with Crippen molar-refractivity contribution >= 4 is 27.1 Å². The monoisotopic (exact) mass is 353 g/mol. The number of carboxylic acids is 1. The Kier molecular flexibility index (Phi) is 5.38. The molecule has 0 amide bonds. The number of carbonyl (C=O) groups is 1. The Hall–Kier alpha value is -2.22. The number of nitro groups is 1. The molecule has 130 valence electrons. The topological polar surface area (TPSA) is 115 Å². The zero-order valence-electron chi connectivity index (χ0n) is 13.3. The lowest BCUT2D eigenvalue weighted by atomic mass is 9.87. The molecule has 1 N–H and O–H groups in total. The SMILES string of the molecule is CS(=O)(=O)c1ccc(/C(=C\C2CCCCC2)C(=O)O)cc1[N+](=O)[O-]. The van der Waals surface area contributed by atoms with Gasteiger partial charge in [0.1, 0.15) is 4.90 Å². The quantitative estimate of drug-likeness (QED) is 0.494. The zero-order valence-corrected chi connectivity index (χ0v) is 14.1. The third-order valence-electron chi connectivity index (χ3n) is 4.15. The van der Waals surface area contributed by atoms with Crippen molar-refractivity contribution < 1.29 is 23.2 Å². The maximum atomic E-state index is 11.7. The molecule has 24 heavy (non-hydrogen) atoms. The minimum absolute atomic E-state index is 0.0231. The van der Waals surface area contributed by atoms with Crippen LogP contribution in [-0.2, 0) is 14.6 Å². The van der Waals surface area contributed by atoms with Gasteiger partial charge >= 0.3 is 5.97 Å². The van der Waals surface area contributed by atoms with Crippen molar-refractivity contribution in [3.63, 3.8) is 0 Å². The van der Waals surface area contributed by atoms with Gasteiger partial charge in [0, 0.05) is 12.3 Å². The van der Waals surface area contributed by atoms with E-state index in [2.05, 4.69) is 0 Å². The van der Waals surface area contributed by atoms with E-state index < -0.39 is 31.3 Å². The van der Waals surface area contributed by atoms with E-state index in [9.17, 15) is 28.4 Å². The van der Waals surface area contributed by atoms with E-state index in [0.717, 1.165) is 50.5 Å². The van der Waals surface area contributed by atoms with E-state index in [-0.39, 0.29) is 17.1 Å². The number of hydrogen-bond donors (Lipinski definition) is 1. The average molecular weight is 353 g/mol. The lowest BCUT2D eigenvalue weighted by Crippen LogP contribution is -2.09. The molecule has 0 saturated heterocycles. The van der Waals surface area contributed by atoms with Gasteiger partial charge in [-0.05, 0) is 30.4 Å². The van der Waals surface area contributed by atoms with Gasteiger partial charge in [0.25, 0.3) is 5.69 Å². The molecule has 0 aromatic heterocycles. The van der Waals surface area contributed by atoms with Crippen LogP contribution in [0.1, 0.15) is 37.7 Å². The molecule has 1 aliphatic rings. The van der Waals surface area contributed by atoms with Gasteiger partial charge in [0.05, 0.1) is 10.5 Å². The van der Waals surface area contributed by atoms with Gasteiger partial charge < -0.3 is 5.11 Å². The second-order valence-corrected chi connectivity index (χ2v) is 7.98. The highest BCUT2D eigenvalue weighted by atomic mass is 32.2. The number of allylic oxidation sites excluding steroid dienone is 1. The highest BCUT2D eigenvalue weighted by Gasteiger charge is 2.25. The predicted molar refractivity (Wildman–Crippen MR) is 88.4 cm³/mol. The van der Waals surface area contributed by atoms with Crippen molar-refractivity contribution in [3.05, 3.63) is 40.0 Å². The summed E-state index contributed by atoms with van der Waals surface area (Å²) in [6.45, 7) is 0. The summed E-state index contributed by atoms with van der Waals surface area (Å²) in [6.07, 6.45) is 7.48. The molecule has 0 radical (unpaired) electrons. The van der Waals surface area contributed by atoms with E-state index in [4.69, 9.17) is 0 Å². The first-order valence-corrected chi connectivity index (χ1v) is 9.53. The third-order valence-corrected chi connectivity index (χ3v) is 5.29. The van der Waals surface area contributed by atoms with Crippen molar-refractivity contribution in [2.45, 2.75) is 37.0 Å². The second kappa shape index (κ2) is 7.12. The van der Waals surface area contributed by atoms with Gasteiger partial charge in [0.2, 0.25) is 0 Å². The fourth-order valence-electron chi connectivity index (χ4n) is 2.97. The molecule has 0 aliphatic heterocycles. The van der Waals surface area contributed by atoms with Crippen LogP contribution in [0.5, 0.6) is 0 Å². The fourth-order valence-corrected chi connectivity index (χ4v) is 3.80. The molecule has 0 heterocycles. The summed E-state index contributed by atoms with van der Waals surface area (Å²) in [5, 5.41) is 20.6. The lowest BCUT2D eigenvalue weighted by Gasteiger charge is -2.19. The number of sulfone groups is 1. The van der Waals surface area contributed by atoms with E-state index in [0.29, 0.717) is 0 Å². The number of nitrogens with zero attached hydrogens (tertiary/aromatic N) is 1. The first-order valence-electron chi connectivity index (χ1n) is 7.64. The number of rotatable bonds is 5. The first kappa shape index (κ1) is 18.1. The second-order valence-electron chi connectivity index (χ2n) is 6.00. The molecule has 1 fully saturated rings. The fraction of sp³-hybridized carbons (Fsp3) is 0.438. The van der Waals surface area contributed by atoms with Crippen molar-refractivity contribution in [1.82, 2.24) is 0 Å². The minimum Gasteiger partial charge on any atom is -0.478 e. The van der Waals surface area contributed by atoms with Crippen molar-refractivity contribution in [1.29, 1.82) is 0 Å². The Morgan fingerprint density at radius 2 is 1.92 bits per heavy atom. The average Bonchev–Trinajstić information content (AvgIpc) is 2.52. The molecule has 1 aromatic rings. The van der Waals surface area contributed by atoms with Gasteiger partial charge in [-0.1, -0.05) is 31.4 Å². The molecule has 2 rings (SSSR count). The summed E-state index contributed by atoms with van der Waals surface area (Å²) in [4.78, 5) is 21.5. The third kappa shape index (κ3) is 4.19. The van der Waals surface area contributed by atoms with Crippen molar-refractivity contribution in [2.24, 2.45) is 5.92 Å². The Morgan fingerprint density at radius 1 is 1.29 bits per heavy atom. The van der Waals surface area contributed by atoms with Crippen LogP contribution in [0.15, 0.2) is 29.2 Å². The van der Waals surface area contributed by atoms with E-state index in [1.807, 2.05) is 0 Å². The molecule has 0 bridgehead atoms. The summed E-state index contributed by atoms with van der Waals surface area (Å²) in [5.74, 6) is -1.06. The Balaban J connectivity index is 2.51. The minimum atomic E-state index is -3.78. The molecule has 7 nitrogen and oxygen atoms in total. The summed E-state index contributed by atoms with van der Waals surface area (Å²) >= 11 is 0. The largest absolute Gasteiger partial charge is 0.478 e. The zero-order chi connectivity index (χ0) is 17.9. The van der Waals surface area contributed by atoms with Crippen LogP contribution in [0.25, 0.3) is 5.57 Å². The smallest absolute Gasteiger partial charge is 0.335 e. The van der Waals surface area contributed by atoms with Crippen molar-refractivity contribution in [2.75, 3.05) is 6.26 Å². The Labute approximate surface area is 140 Å². The standard InChI is InChI=1S/C16H19NO6S/c1-24(22,23)15-8-7-12(10-14(15)17(20)21)13(16(18)19)9-11-5-3-2-4-6-11/h7-11H,2-6H2,1H3,(H,18,19)/b13-9+. The molecule has 0 atom stereocenters. The van der Waals surface area contributed by atoms with Crippen molar-refractivity contribution in [3.8, 4) is 0 Å². The summed E-state index contributed by atoms with van der Waals surface area (Å²) in [6, 6.07) is 3.44. The summed E-state index contributed by atoms with van der Waals surface area (Å²) < 4.78 is 23.3. The highest BCUT2D eigenvalue weighted by Crippen LogP contribution is 2.31. The predicted octanol–water partition coefficient (Wildman–Crippen LogP) is 3.05. The van der Waals surface area contributed by atoms with Crippen LogP contribution in [0.4, 0.5) is 5.69 Å². The van der Waals surface area contributed by atoms with Gasteiger partial charge in [-0.2, -0.15) is 0 Å². The van der Waals surface area contributed by atoms with Crippen LogP contribution in [0, 0.1) is 16.0 Å². The molecule has 1 aliphatic carbocycles. The molecule has 1 saturated carbocycles. The van der Waals surface area contributed by atoms with Gasteiger partial charge in [-0.15, -0.1) is 0 Å². The van der Waals surface area contributed by atoms with Crippen LogP contribution < -0.4 is 0 Å². The van der Waals surface area contributed by atoms with E-state index in [1.165, 1.54) is 6.07 Å². The maximum Gasteiger partial charge on any atom is 0.335 e. The molecule has 8 heteroatoms. The Bertz CT molecular complexity index is 791. The number of nitro benzene ring substituents is 1. The van der Waals surface area contributed by atoms with Gasteiger partial charge in [0.15, 0.2) is 9.84 Å². The molecule has 1 aromatic carbocycles. The van der Waals surface area contributed by atoms with Crippen LogP contribution in [0.3, 0.4) is 0 Å². The van der Waals surface area contributed by atoms with Crippen LogP contribution >= 0.6 is 0 Å². The normalized spacial score (nSPS) is 16.8. The lowest BCUT2D eigenvalue weighted by molar-refractivity contribution is -0.387. The maximum absolute atomic E-state index is 11.7. The van der Waals surface area contributed by atoms with Gasteiger partial charge in [-0.3, -0.25) is 10.1 Å². The Morgan fingerprint density at radius 3 is 2.42 bits per heavy atom. The van der Waals surface area contributed by atoms with Crippen LogP contribution in [-0.4, -0.2) is 30.7 Å². The van der Waals surface area contributed by atoms with Gasteiger partial charge in [-0.25, -0.2) is 13.2 Å². The summed E-state index contributed by atoms with van der Waals surface area (Å²) in [7, 11) is -3.78. The molecule has 0 spiro atoms. The van der Waals surface area contributed by atoms with E-state index >= 15 is 0 Å². The molecule has 0 unspecified atom stereocenters. The number of benzene rings is 1. The molecular weight excluding hydrogens is 334 g/mol.